The molecule has 0 radical (unpaired) electrons. The van der Waals surface area contributed by atoms with Crippen molar-refractivity contribution in [3.63, 3.8) is 0 Å². The summed E-state index contributed by atoms with van der Waals surface area (Å²) >= 11 is 5.76. The lowest BCUT2D eigenvalue weighted by Crippen LogP contribution is -2.17. The van der Waals surface area contributed by atoms with Gasteiger partial charge < -0.3 is 4.74 Å². The topological polar surface area (TPSA) is 93.8 Å². The van der Waals surface area contributed by atoms with E-state index in [1.807, 2.05) is 36.4 Å². The zero-order valence-electron chi connectivity index (χ0n) is 17.3. The minimum Gasteiger partial charge on any atom is -0.489 e. The van der Waals surface area contributed by atoms with Gasteiger partial charge in [0, 0.05) is 11.6 Å². The van der Waals surface area contributed by atoms with Crippen LogP contribution in [0.1, 0.15) is 21.5 Å². The molecule has 4 rings (SSSR count). The third kappa shape index (κ3) is 5.34. The second-order valence-corrected chi connectivity index (χ2v) is 7.53. The van der Waals surface area contributed by atoms with Crippen molar-refractivity contribution in [2.45, 2.75) is 6.61 Å². The highest BCUT2D eigenvalue weighted by Crippen LogP contribution is 2.25. The number of ether oxygens (including phenoxy) is 1. The van der Waals surface area contributed by atoms with Gasteiger partial charge in [0.1, 0.15) is 17.4 Å². The highest BCUT2D eigenvalue weighted by Gasteiger charge is 2.15. The predicted molar refractivity (Wildman–Crippen MR) is 128 cm³/mol. The standard InChI is InChI=1S/C25H18ClN3O4/c26-23-13-10-19(14-24(23)29(31)32)25(30)28-27-15-17-8-11-21(12-9-17)33-16-20-6-3-5-18-4-1-2-7-22(18)20/h1-15H,16H2,(H,28,30)/b27-15-. The summed E-state index contributed by atoms with van der Waals surface area (Å²) in [6.45, 7) is 0.443. The van der Waals surface area contributed by atoms with Crippen LogP contribution in [0.3, 0.4) is 0 Å². The van der Waals surface area contributed by atoms with Gasteiger partial charge in [-0.05, 0) is 58.3 Å². The van der Waals surface area contributed by atoms with Crippen molar-refractivity contribution in [2.24, 2.45) is 5.10 Å². The third-order valence-electron chi connectivity index (χ3n) is 4.94. The molecular formula is C25H18ClN3O4. The number of halogens is 1. The zero-order valence-corrected chi connectivity index (χ0v) is 18.0. The summed E-state index contributed by atoms with van der Waals surface area (Å²) in [6, 6.07) is 25.3. The molecule has 0 atom stereocenters. The maximum atomic E-state index is 12.2. The van der Waals surface area contributed by atoms with Gasteiger partial charge in [0.05, 0.1) is 11.1 Å². The minimum atomic E-state index is -0.647. The van der Waals surface area contributed by atoms with Crippen LogP contribution in [-0.4, -0.2) is 17.0 Å². The molecule has 0 heterocycles. The Hall–Kier alpha value is -4.23. The maximum Gasteiger partial charge on any atom is 0.288 e. The Bertz CT molecular complexity index is 1350. The van der Waals surface area contributed by atoms with Gasteiger partial charge in [0.2, 0.25) is 0 Å². The molecule has 1 N–H and O–H groups in total. The number of nitrogens with zero attached hydrogens (tertiary/aromatic N) is 2. The van der Waals surface area contributed by atoms with Crippen molar-refractivity contribution in [2.75, 3.05) is 0 Å². The number of fused-ring (bicyclic) bond motifs is 1. The molecule has 0 aliphatic heterocycles. The summed E-state index contributed by atoms with van der Waals surface area (Å²) in [4.78, 5) is 22.5. The molecule has 4 aromatic rings. The molecule has 1 amide bonds. The summed E-state index contributed by atoms with van der Waals surface area (Å²) in [6.07, 6.45) is 1.47. The summed E-state index contributed by atoms with van der Waals surface area (Å²) in [5, 5.41) is 17.1. The number of carbonyl (C=O) groups excluding carboxylic acids is 1. The fourth-order valence-electron chi connectivity index (χ4n) is 3.25. The third-order valence-corrected chi connectivity index (χ3v) is 5.26. The number of nitrogens with one attached hydrogen (secondary N) is 1. The van der Waals surface area contributed by atoms with Crippen LogP contribution in [0.25, 0.3) is 10.8 Å². The molecule has 0 saturated carbocycles. The molecule has 4 aromatic carbocycles. The summed E-state index contributed by atoms with van der Waals surface area (Å²) < 4.78 is 5.92. The van der Waals surface area contributed by atoms with E-state index in [0.717, 1.165) is 22.6 Å². The number of nitro benzene ring substituents is 1. The number of hydrazone groups is 1. The first-order valence-corrected chi connectivity index (χ1v) is 10.4. The normalized spacial score (nSPS) is 10.9. The molecule has 7 nitrogen and oxygen atoms in total. The summed E-state index contributed by atoms with van der Waals surface area (Å²) in [5.74, 6) is 0.124. The monoisotopic (exact) mass is 459 g/mol. The van der Waals surface area contributed by atoms with Gasteiger partial charge in [0.15, 0.2) is 0 Å². The molecule has 0 fully saturated rings. The predicted octanol–water partition coefficient (Wildman–Crippen LogP) is 5.74. The van der Waals surface area contributed by atoms with Gasteiger partial charge in [-0.1, -0.05) is 54.1 Å². The summed E-state index contributed by atoms with van der Waals surface area (Å²) in [7, 11) is 0. The smallest absolute Gasteiger partial charge is 0.288 e. The molecule has 0 spiro atoms. The van der Waals surface area contributed by atoms with Crippen LogP contribution in [0.5, 0.6) is 5.75 Å². The number of amides is 1. The van der Waals surface area contributed by atoms with Crippen LogP contribution < -0.4 is 10.2 Å². The van der Waals surface area contributed by atoms with Gasteiger partial charge in [-0.3, -0.25) is 14.9 Å². The average Bonchev–Trinajstić information content (AvgIpc) is 2.83. The van der Waals surface area contributed by atoms with Crippen LogP contribution in [0.4, 0.5) is 5.69 Å². The number of hydrogen-bond acceptors (Lipinski definition) is 5. The van der Waals surface area contributed by atoms with E-state index in [0.29, 0.717) is 12.4 Å². The van der Waals surface area contributed by atoms with Crippen molar-refractivity contribution in [1.82, 2.24) is 5.43 Å². The second-order valence-electron chi connectivity index (χ2n) is 7.12. The number of hydrogen-bond donors (Lipinski definition) is 1. The Morgan fingerprint density at radius 3 is 2.58 bits per heavy atom. The highest BCUT2D eigenvalue weighted by molar-refractivity contribution is 6.32. The van der Waals surface area contributed by atoms with Crippen molar-refractivity contribution in [3.05, 3.63) is 117 Å². The Balaban J connectivity index is 1.35. The van der Waals surface area contributed by atoms with E-state index in [1.54, 1.807) is 12.1 Å². The Morgan fingerprint density at radius 2 is 1.79 bits per heavy atom. The molecule has 0 unspecified atom stereocenters. The van der Waals surface area contributed by atoms with E-state index in [9.17, 15) is 14.9 Å². The number of benzene rings is 4. The first kappa shape index (κ1) is 22.0. The number of nitro groups is 1. The first-order valence-electron chi connectivity index (χ1n) is 9.98. The molecule has 0 aromatic heterocycles. The fraction of sp³-hybridized carbons (Fsp3) is 0.0400. The summed E-state index contributed by atoms with van der Waals surface area (Å²) in [5.41, 5.74) is 3.93. The molecule has 0 aliphatic rings. The molecular weight excluding hydrogens is 442 g/mol. The van der Waals surface area contributed by atoms with Gasteiger partial charge >= 0.3 is 0 Å². The van der Waals surface area contributed by atoms with Crippen LogP contribution >= 0.6 is 11.6 Å². The zero-order chi connectivity index (χ0) is 23.2. The quantitative estimate of drug-likeness (QED) is 0.216. The van der Waals surface area contributed by atoms with Crippen LogP contribution in [-0.2, 0) is 6.61 Å². The largest absolute Gasteiger partial charge is 0.489 e. The SMILES string of the molecule is O=C(N/N=C\c1ccc(OCc2cccc3ccccc23)cc1)c1ccc(Cl)c([N+](=O)[O-])c1. The van der Waals surface area contributed by atoms with Gasteiger partial charge in [-0.2, -0.15) is 5.10 Å². The van der Waals surface area contributed by atoms with E-state index in [1.165, 1.54) is 23.7 Å². The molecule has 8 heteroatoms. The Labute approximate surface area is 194 Å². The van der Waals surface area contributed by atoms with E-state index in [-0.39, 0.29) is 16.3 Å². The number of carbonyl (C=O) groups is 1. The van der Waals surface area contributed by atoms with Gasteiger partial charge in [0.25, 0.3) is 11.6 Å². The fourth-order valence-corrected chi connectivity index (χ4v) is 3.44. The van der Waals surface area contributed by atoms with Crippen LogP contribution in [0, 0.1) is 10.1 Å². The van der Waals surface area contributed by atoms with Crippen molar-refractivity contribution >= 4 is 40.2 Å². The van der Waals surface area contributed by atoms with E-state index < -0.39 is 10.8 Å². The first-order chi connectivity index (χ1) is 16.0. The molecule has 164 valence electrons. The van der Waals surface area contributed by atoms with E-state index in [2.05, 4.69) is 28.7 Å². The average molecular weight is 460 g/mol. The van der Waals surface area contributed by atoms with Crippen LogP contribution in [0.15, 0.2) is 90.0 Å². The van der Waals surface area contributed by atoms with Gasteiger partial charge in [-0.15, -0.1) is 0 Å². The lowest BCUT2D eigenvalue weighted by Gasteiger charge is -2.09. The van der Waals surface area contributed by atoms with E-state index >= 15 is 0 Å². The lowest BCUT2D eigenvalue weighted by atomic mass is 10.1. The van der Waals surface area contributed by atoms with Gasteiger partial charge in [-0.25, -0.2) is 5.43 Å². The van der Waals surface area contributed by atoms with Crippen LogP contribution in [0.2, 0.25) is 5.02 Å². The highest BCUT2D eigenvalue weighted by atomic mass is 35.5. The lowest BCUT2D eigenvalue weighted by molar-refractivity contribution is -0.384. The minimum absolute atomic E-state index is 0.0391. The van der Waals surface area contributed by atoms with Crippen molar-refractivity contribution < 1.29 is 14.5 Å². The Kier molecular flexibility index (Phi) is 6.61. The molecule has 0 bridgehead atoms. The molecule has 0 aliphatic carbocycles. The van der Waals surface area contributed by atoms with Crippen molar-refractivity contribution in [3.8, 4) is 5.75 Å². The Morgan fingerprint density at radius 1 is 1.03 bits per heavy atom. The van der Waals surface area contributed by atoms with E-state index in [4.69, 9.17) is 16.3 Å². The van der Waals surface area contributed by atoms with Crippen molar-refractivity contribution in [1.29, 1.82) is 0 Å². The maximum absolute atomic E-state index is 12.2. The molecule has 0 saturated heterocycles. The molecule has 33 heavy (non-hydrogen) atoms. The second kappa shape index (κ2) is 9.93. The number of rotatable bonds is 7.